The minimum atomic E-state index is 0.224. The first kappa shape index (κ1) is 13.9. The minimum absolute atomic E-state index is 0.224. The summed E-state index contributed by atoms with van der Waals surface area (Å²) in [6, 6.07) is 8.56. The number of nitrogens with one attached hydrogen (secondary N) is 1. The third kappa shape index (κ3) is 5.16. The van der Waals surface area contributed by atoms with E-state index in [0.717, 1.165) is 19.5 Å². The van der Waals surface area contributed by atoms with E-state index < -0.39 is 0 Å². The quantitative estimate of drug-likeness (QED) is 0.697. The van der Waals surface area contributed by atoms with Crippen molar-refractivity contribution >= 4 is 0 Å². The van der Waals surface area contributed by atoms with Gasteiger partial charge >= 0.3 is 0 Å². The molecule has 0 saturated carbocycles. The van der Waals surface area contributed by atoms with Gasteiger partial charge in [0.1, 0.15) is 0 Å². The van der Waals surface area contributed by atoms with Gasteiger partial charge in [-0.2, -0.15) is 0 Å². The Morgan fingerprint density at radius 2 is 2.06 bits per heavy atom. The highest BCUT2D eigenvalue weighted by Crippen LogP contribution is 2.08. The SMILES string of the molecule is C=CCOC(C)CNCc1ccccc1CC. The highest BCUT2D eigenvalue weighted by Gasteiger charge is 2.02. The van der Waals surface area contributed by atoms with E-state index in [0.29, 0.717) is 6.61 Å². The van der Waals surface area contributed by atoms with Crippen LogP contribution in [0.1, 0.15) is 25.0 Å². The normalized spacial score (nSPS) is 12.4. The number of rotatable bonds is 8. The Morgan fingerprint density at radius 1 is 1.35 bits per heavy atom. The molecule has 2 heteroatoms. The standard InChI is InChI=1S/C15H23NO/c1-4-10-17-13(3)11-16-12-15-9-7-6-8-14(15)5-2/h4,6-9,13,16H,1,5,10-12H2,2-3H3. The molecule has 0 amide bonds. The van der Waals surface area contributed by atoms with Gasteiger partial charge in [-0.15, -0.1) is 6.58 Å². The van der Waals surface area contributed by atoms with Gasteiger partial charge in [-0.05, 0) is 24.5 Å². The second kappa shape index (κ2) is 8.04. The van der Waals surface area contributed by atoms with Crippen molar-refractivity contribution in [1.82, 2.24) is 5.32 Å². The van der Waals surface area contributed by atoms with Crippen molar-refractivity contribution in [2.75, 3.05) is 13.2 Å². The molecule has 94 valence electrons. The molecule has 1 rings (SSSR count). The minimum Gasteiger partial charge on any atom is -0.373 e. The molecule has 1 N–H and O–H groups in total. The Hall–Kier alpha value is -1.12. The van der Waals surface area contributed by atoms with Gasteiger partial charge in [0, 0.05) is 13.1 Å². The van der Waals surface area contributed by atoms with E-state index in [9.17, 15) is 0 Å². The van der Waals surface area contributed by atoms with E-state index >= 15 is 0 Å². The molecule has 1 aromatic carbocycles. The molecule has 1 aromatic rings. The maximum atomic E-state index is 5.51. The van der Waals surface area contributed by atoms with Gasteiger partial charge in [-0.25, -0.2) is 0 Å². The third-order valence-corrected chi connectivity index (χ3v) is 2.75. The fraction of sp³-hybridized carbons (Fsp3) is 0.467. The van der Waals surface area contributed by atoms with Gasteiger partial charge in [-0.3, -0.25) is 0 Å². The topological polar surface area (TPSA) is 21.3 Å². The molecule has 1 atom stereocenters. The number of hydrogen-bond acceptors (Lipinski definition) is 2. The second-order valence-electron chi connectivity index (χ2n) is 4.19. The third-order valence-electron chi connectivity index (χ3n) is 2.75. The van der Waals surface area contributed by atoms with Gasteiger partial charge < -0.3 is 10.1 Å². The zero-order valence-electron chi connectivity index (χ0n) is 10.9. The average molecular weight is 233 g/mol. The molecular weight excluding hydrogens is 210 g/mol. The summed E-state index contributed by atoms with van der Waals surface area (Å²) < 4.78 is 5.51. The second-order valence-corrected chi connectivity index (χ2v) is 4.19. The van der Waals surface area contributed by atoms with Crippen LogP contribution in [0.25, 0.3) is 0 Å². The van der Waals surface area contributed by atoms with Crippen LogP contribution in [0, 0.1) is 0 Å². The summed E-state index contributed by atoms with van der Waals surface area (Å²) in [4.78, 5) is 0. The highest BCUT2D eigenvalue weighted by atomic mass is 16.5. The molecule has 0 fully saturated rings. The Labute approximate surface area is 105 Å². The summed E-state index contributed by atoms with van der Waals surface area (Å²) in [6.07, 6.45) is 3.09. The zero-order valence-corrected chi connectivity index (χ0v) is 10.9. The first-order chi connectivity index (χ1) is 8.27. The van der Waals surface area contributed by atoms with Crippen LogP contribution in [-0.2, 0) is 17.7 Å². The molecular formula is C15H23NO. The van der Waals surface area contributed by atoms with Gasteiger partial charge in [0.2, 0.25) is 0 Å². The predicted molar refractivity (Wildman–Crippen MR) is 73.1 cm³/mol. The highest BCUT2D eigenvalue weighted by molar-refractivity contribution is 5.26. The Kier molecular flexibility index (Phi) is 6.60. The van der Waals surface area contributed by atoms with Gasteiger partial charge in [0.05, 0.1) is 12.7 Å². The van der Waals surface area contributed by atoms with Gasteiger partial charge in [-0.1, -0.05) is 37.3 Å². The molecule has 2 nitrogen and oxygen atoms in total. The van der Waals surface area contributed by atoms with Crippen LogP contribution in [0.5, 0.6) is 0 Å². The lowest BCUT2D eigenvalue weighted by Gasteiger charge is -2.14. The maximum absolute atomic E-state index is 5.51. The van der Waals surface area contributed by atoms with Crippen LogP contribution in [-0.4, -0.2) is 19.3 Å². The zero-order chi connectivity index (χ0) is 12.5. The molecule has 0 spiro atoms. The van der Waals surface area contributed by atoms with E-state index in [-0.39, 0.29) is 6.10 Å². The first-order valence-corrected chi connectivity index (χ1v) is 6.28. The van der Waals surface area contributed by atoms with Crippen LogP contribution in [0.3, 0.4) is 0 Å². The summed E-state index contributed by atoms with van der Waals surface area (Å²) in [7, 11) is 0. The lowest BCUT2D eigenvalue weighted by molar-refractivity contribution is 0.0877. The van der Waals surface area contributed by atoms with E-state index in [2.05, 4.69) is 50.0 Å². The van der Waals surface area contributed by atoms with Gasteiger partial charge in [0.15, 0.2) is 0 Å². The van der Waals surface area contributed by atoms with Crippen molar-refractivity contribution in [3.05, 3.63) is 48.0 Å². The van der Waals surface area contributed by atoms with Crippen LogP contribution in [0.15, 0.2) is 36.9 Å². The summed E-state index contributed by atoms with van der Waals surface area (Å²) in [6.45, 7) is 10.3. The summed E-state index contributed by atoms with van der Waals surface area (Å²) in [5.74, 6) is 0. The largest absolute Gasteiger partial charge is 0.373 e. The molecule has 0 aliphatic heterocycles. The number of benzene rings is 1. The monoisotopic (exact) mass is 233 g/mol. The van der Waals surface area contributed by atoms with E-state index in [1.54, 1.807) is 6.08 Å². The van der Waals surface area contributed by atoms with Crippen molar-refractivity contribution < 1.29 is 4.74 Å². The Balaban J connectivity index is 2.32. The molecule has 0 bridgehead atoms. The van der Waals surface area contributed by atoms with E-state index in [4.69, 9.17) is 4.74 Å². The molecule has 0 heterocycles. The lowest BCUT2D eigenvalue weighted by atomic mass is 10.1. The Bertz CT molecular complexity index is 335. The van der Waals surface area contributed by atoms with Crippen molar-refractivity contribution in [3.8, 4) is 0 Å². The number of ether oxygens (including phenoxy) is 1. The van der Waals surface area contributed by atoms with Crippen molar-refractivity contribution in [2.45, 2.75) is 32.9 Å². The fourth-order valence-corrected chi connectivity index (χ4v) is 1.78. The van der Waals surface area contributed by atoms with Crippen molar-refractivity contribution in [1.29, 1.82) is 0 Å². The van der Waals surface area contributed by atoms with Gasteiger partial charge in [0.25, 0.3) is 0 Å². The predicted octanol–water partition coefficient (Wildman–Crippen LogP) is 2.93. The molecule has 0 aliphatic carbocycles. The average Bonchev–Trinajstić information content (AvgIpc) is 2.37. The van der Waals surface area contributed by atoms with Crippen molar-refractivity contribution in [3.63, 3.8) is 0 Å². The van der Waals surface area contributed by atoms with Crippen molar-refractivity contribution in [2.24, 2.45) is 0 Å². The summed E-state index contributed by atoms with van der Waals surface area (Å²) in [5.41, 5.74) is 2.80. The first-order valence-electron chi connectivity index (χ1n) is 6.28. The van der Waals surface area contributed by atoms with Crippen LogP contribution in [0.4, 0.5) is 0 Å². The smallest absolute Gasteiger partial charge is 0.0675 e. The molecule has 0 radical (unpaired) electrons. The fourth-order valence-electron chi connectivity index (χ4n) is 1.78. The van der Waals surface area contributed by atoms with E-state index in [1.807, 2.05) is 0 Å². The number of aryl methyl sites for hydroxylation is 1. The van der Waals surface area contributed by atoms with Crippen LogP contribution in [0.2, 0.25) is 0 Å². The van der Waals surface area contributed by atoms with E-state index in [1.165, 1.54) is 11.1 Å². The van der Waals surface area contributed by atoms with Crippen LogP contribution < -0.4 is 5.32 Å². The molecule has 17 heavy (non-hydrogen) atoms. The van der Waals surface area contributed by atoms with Crippen LogP contribution >= 0.6 is 0 Å². The molecule has 0 aromatic heterocycles. The summed E-state index contributed by atoms with van der Waals surface area (Å²) >= 11 is 0. The molecule has 1 unspecified atom stereocenters. The molecule has 0 saturated heterocycles. The Morgan fingerprint density at radius 3 is 2.71 bits per heavy atom. The number of hydrogen-bond donors (Lipinski definition) is 1. The summed E-state index contributed by atoms with van der Waals surface area (Å²) in [5, 5.41) is 3.43. The lowest BCUT2D eigenvalue weighted by Crippen LogP contribution is -2.26. The maximum Gasteiger partial charge on any atom is 0.0675 e. The molecule has 0 aliphatic rings.